The Morgan fingerprint density at radius 3 is 2.71 bits per heavy atom. The number of hydrogen-bond donors (Lipinski definition) is 1. The van der Waals surface area contributed by atoms with Crippen molar-refractivity contribution in [2.24, 2.45) is 0 Å². The average molecular weight is 488 g/mol. The monoisotopic (exact) mass is 487 g/mol. The van der Waals surface area contributed by atoms with Gasteiger partial charge in [0.15, 0.2) is 5.13 Å². The van der Waals surface area contributed by atoms with Gasteiger partial charge in [-0.05, 0) is 48.9 Å². The Bertz CT molecular complexity index is 1460. The highest BCUT2D eigenvalue weighted by Gasteiger charge is 2.48. The SMILES string of the molecule is CCOc1ccc2nc(N3C(=O)C(=O)C(=C(O)c4cccc(OC)c4)C3c3cccnc3)sc2c1. The number of pyridine rings is 1. The molecule has 5 rings (SSSR count). The molecule has 1 amide bonds. The minimum atomic E-state index is -0.901. The van der Waals surface area contributed by atoms with Gasteiger partial charge in [0.2, 0.25) is 0 Å². The number of thiazole rings is 1. The van der Waals surface area contributed by atoms with Gasteiger partial charge in [-0.1, -0.05) is 29.5 Å². The summed E-state index contributed by atoms with van der Waals surface area (Å²) in [5.41, 5.74) is 1.57. The van der Waals surface area contributed by atoms with Gasteiger partial charge in [0.05, 0.1) is 35.5 Å². The molecule has 0 bridgehead atoms. The zero-order valence-electron chi connectivity index (χ0n) is 19.0. The summed E-state index contributed by atoms with van der Waals surface area (Å²) < 4.78 is 11.6. The lowest BCUT2D eigenvalue weighted by molar-refractivity contribution is -0.132. The Labute approximate surface area is 205 Å². The fourth-order valence-corrected chi connectivity index (χ4v) is 5.08. The fourth-order valence-electron chi connectivity index (χ4n) is 4.06. The highest BCUT2D eigenvalue weighted by Crippen LogP contribution is 2.44. The molecule has 2 aromatic heterocycles. The van der Waals surface area contributed by atoms with E-state index in [1.54, 1.807) is 48.8 Å². The molecule has 0 saturated carbocycles. The first kappa shape index (κ1) is 22.5. The van der Waals surface area contributed by atoms with Gasteiger partial charge < -0.3 is 14.6 Å². The molecule has 2 aromatic carbocycles. The Kier molecular flexibility index (Phi) is 5.92. The lowest BCUT2D eigenvalue weighted by Gasteiger charge is -2.22. The van der Waals surface area contributed by atoms with Crippen LogP contribution in [0.3, 0.4) is 0 Å². The van der Waals surface area contributed by atoms with Crippen LogP contribution in [-0.2, 0) is 9.59 Å². The number of ether oxygens (including phenoxy) is 2. The Morgan fingerprint density at radius 1 is 1.11 bits per heavy atom. The molecule has 1 aliphatic rings. The highest BCUT2D eigenvalue weighted by molar-refractivity contribution is 7.22. The number of rotatable bonds is 6. The molecule has 1 aliphatic heterocycles. The van der Waals surface area contributed by atoms with Crippen molar-refractivity contribution >= 4 is 44.1 Å². The normalized spacial score (nSPS) is 17.2. The zero-order chi connectivity index (χ0) is 24.5. The summed E-state index contributed by atoms with van der Waals surface area (Å²) in [4.78, 5) is 36.7. The van der Waals surface area contributed by atoms with Crippen molar-refractivity contribution in [3.8, 4) is 11.5 Å². The van der Waals surface area contributed by atoms with E-state index in [1.807, 2.05) is 25.1 Å². The van der Waals surface area contributed by atoms with Gasteiger partial charge in [-0.25, -0.2) is 4.98 Å². The van der Waals surface area contributed by atoms with Crippen LogP contribution < -0.4 is 14.4 Å². The summed E-state index contributed by atoms with van der Waals surface area (Å²) in [7, 11) is 1.51. The number of benzene rings is 2. The minimum Gasteiger partial charge on any atom is -0.507 e. The van der Waals surface area contributed by atoms with Gasteiger partial charge in [-0.3, -0.25) is 19.5 Å². The van der Waals surface area contributed by atoms with Crippen LogP contribution in [0.1, 0.15) is 24.1 Å². The number of ketones is 1. The van der Waals surface area contributed by atoms with Crippen LogP contribution in [0.25, 0.3) is 16.0 Å². The van der Waals surface area contributed by atoms with Crippen LogP contribution in [-0.4, -0.2) is 40.5 Å². The number of hydrogen-bond acceptors (Lipinski definition) is 8. The summed E-state index contributed by atoms with van der Waals surface area (Å²) in [6.45, 7) is 2.43. The number of carbonyl (C=O) groups is 2. The van der Waals surface area contributed by atoms with Crippen LogP contribution in [0.4, 0.5) is 5.13 Å². The first-order valence-electron chi connectivity index (χ1n) is 10.9. The van der Waals surface area contributed by atoms with Crippen molar-refractivity contribution in [1.29, 1.82) is 0 Å². The lowest BCUT2D eigenvalue weighted by Crippen LogP contribution is -2.29. The number of fused-ring (bicyclic) bond motifs is 1. The van der Waals surface area contributed by atoms with Gasteiger partial charge >= 0.3 is 5.91 Å². The van der Waals surface area contributed by atoms with Crippen molar-refractivity contribution in [3.05, 3.63) is 83.7 Å². The van der Waals surface area contributed by atoms with E-state index in [2.05, 4.69) is 9.97 Å². The number of aliphatic hydroxyl groups is 1. The number of Topliss-reactive ketones (excluding diaryl/α,β-unsaturated/α-hetero) is 1. The molecule has 3 heterocycles. The summed E-state index contributed by atoms with van der Waals surface area (Å²) in [6, 6.07) is 14.7. The van der Waals surface area contributed by atoms with Gasteiger partial charge in [0.1, 0.15) is 17.3 Å². The number of methoxy groups -OCH3 is 1. The maximum atomic E-state index is 13.3. The predicted octanol–water partition coefficient (Wildman–Crippen LogP) is 4.72. The maximum Gasteiger partial charge on any atom is 0.301 e. The number of aliphatic hydroxyl groups excluding tert-OH is 1. The van der Waals surface area contributed by atoms with Crippen LogP contribution in [0, 0.1) is 0 Å². The summed E-state index contributed by atoms with van der Waals surface area (Å²) >= 11 is 1.27. The number of aromatic nitrogens is 2. The van der Waals surface area contributed by atoms with E-state index in [-0.39, 0.29) is 11.3 Å². The summed E-state index contributed by atoms with van der Waals surface area (Å²) in [6.07, 6.45) is 3.17. The van der Waals surface area contributed by atoms with Crippen molar-refractivity contribution in [1.82, 2.24) is 9.97 Å². The van der Waals surface area contributed by atoms with Crippen LogP contribution in [0.15, 0.2) is 72.6 Å². The van der Waals surface area contributed by atoms with Gasteiger partial charge in [-0.2, -0.15) is 0 Å². The second kappa shape index (κ2) is 9.19. The van der Waals surface area contributed by atoms with E-state index < -0.39 is 17.7 Å². The fraction of sp³-hybridized carbons (Fsp3) is 0.154. The maximum absolute atomic E-state index is 13.3. The third-order valence-corrected chi connectivity index (χ3v) is 6.67. The van der Waals surface area contributed by atoms with E-state index in [1.165, 1.54) is 23.3 Å². The van der Waals surface area contributed by atoms with Crippen molar-refractivity contribution in [2.75, 3.05) is 18.6 Å². The number of nitrogens with zero attached hydrogens (tertiary/aromatic N) is 3. The predicted molar refractivity (Wildman–Crippen MR) is 133 cm³/mol. The molecule has 1 atom stereocenters. The lowest BCUT2D eigenvalue weighted by atomic mass is 9.96. The Balaban J connectivity index is 1.68. The molecular weight excluding hydrogens is 466 g/mol. The molecule has 0 spiro atoms. The van der Waals surface area contributed by atoms with Crippen LogP contribution >= 0.6 is 11.3 Å². The molecule has 35 heavy (non-hydrogen) atoms. The standard InChI is InChI=1S/C26H21N3O5S/c1-3-34-18-9-10-19-20(13-18)35-26(28-19)29-22(16-7-5-11-27-14-16)21(24(31)25(29)32)23(30)15-6-4-8-17(12-15)33-2/h4-14,22,30H,3H2,1-2H3. The second-order valence-corrected chi connectivity index (χ2v) is 8.76. The molecular formula is C26H21N3O5S. The molecule has 1 saturated heterocycles. The summed E-state index contributed by atoms with van der Waals surface area (Å²) in [5.74, 6) is -0.657. The molecule has 1 fully saturated rings. The Hall–Kier alpha value is -4.24. The number of amides is 1. The molecule has 8 nitrogen and oxygen atoms in total. The van der Waals surface area contributed by atoms with Crippen molar-refractivity contribution in [2.45, 2.75) is 13.0 Å². The van der Waals surface area contributed by atoms with Crippen LogP contribution in [0.2, 0.25) is 0 Å². The Morgan fingerprint density at radius 2 is 1.97 bits per heavy atom. The molecule has 0 radical (unpaired) electrons. The molecule has 1 unspecified atom stereocenters. The van der Waals surface area contributed by atoms with Gasteiger partial charge in [0.25, 0.3) is 5.78 Å². The first-order valence-corrected chi connectivity index (χ1v) is 11.7. The molecule has 176 valence electrons. The minimum absolute atomic E-state index is 0.0366. The largest absolute Gasteiger partial charge is 0.507 e. The average Bonchev–Trinajstić information content (AvgIpc) is 3.42. The molecule has 1 N–H and O–H groups in total. The zero-order valence-corrected chi connectivity index (χ0v) is 19.8. The quantitative estimate of drug-likeness (QED) is 0.238. The highest BCUT2D eigenvalue weighted by atomic mass is 32.1. The van der Waals surface area contributed by atoms with Crippen LogP contribution in [0.5, 0.6) is 11.5 Å². The third-order valence-electron chi connectivity index (χ3n) is 5.65. The topological polar surface area (TPSA) is 102 Å². The number of carbonyl (C=O) groups excluding carboxylic acids is 2. The first-order chi connectivity index (χ1) is 17.0. The second-order valence-electron chi connectivity index (χ2n) is 7.75. The van der Waals surface area contributed by atoms with E-state index in [4.69, 9.17) is 9.47 Å². The van der Waals surface area contributed by atoms with E-state index in [0.717, 1.165) is 4.70 Å². The van der Waals surface area contributed by atoms with Gasteiger partial charge in [-0.15, -0.1) is 0 Å². The molecule has 4 aromatic rings. The van der Waals surface area contributed by atoms with E-state index >= 15 is 0 Å². The van der Waals surface area contributed by atoms with E-state index in [9.17, 15) is 14.7 Å². The molecule has 9 heteroatoms. The number of anilines is 1. The van der Waals surface area contributed by atoms with Gasteiger partial charge in [0, 0.05) is 18.0 Å². The van der Waals surface area contributed by atoms with Crippen molar-refractivity contribution in [3.63, 3.8) is 0 Å². The van der Waals surface area contributed by atoms with E-state index in [0.29, 0.717) is 39.9 Å². The smallest absolute Gasteiger partial charge is 0.301 e. The van der Waals surface area contributed by atoms with Crippen molar-refractivity contribution < 1.29 is 24.2 Å². The third kappa shape index (κ3) is 4.00. The molecule has 0 aliphatic carbocycles. The summed E-state index contributed by atoms with van der Waals surface area (Å²) in [5, 5.41) is 11.6.